The van der Waals surface area contributed by atoms with E-state index in [1.807, 2.05) is 0 Å². The van der Waals surface area contributed by atoms with E-state index in [9.17, 15) is 9.59 Å². The third-order valence-corrected chi connectivity index (χ3v) is 2.49. The first-order valence-corrected chi connectivity index (χ1v) is 5.97. The second-order valence-electron chi connectivity index (χ2n) is 4.95. The minimum absolute atomic E-state index is 0.00616. The van der Waals surface area contributed by atoms with Crippen LogP contribution in [0.2, 0.25) is 0 Å². The Labute approximate surface area is 111 Å². The highest BCUT2D eigenvalue weighted by Crippen LogP contribution is 2.11. The third-order valence-electron chi connectivity index (χ3n) is 2.49. The highest BCUT2D eigenvalue weighted by Gasteiger charge is 2.21. The number of carbonyl (C=O) groups excluding carboxylic acids is 1. The topological polar surface area (TPSA) is 104 Å². The van der Waals surface area contributed by atoms with Crippen LogP contribution in [0.1, 0.15) is 38.3 Å². The Balaban J connectivity index is 2.35. The molecule has 106 valence electrons. The average Bonchev–Trinajstić information content (AvgIpc) is 2.69. The van der Waals surface area contributed by atoms with Crippen molar-refractivity contribution in [1.29, 1.82) is 0 Å². The Hall–Kier alpha value is -2.05. The number of carboxylic acids is 1. The van der Waals surface area contributed by atoms with Crippen molar-refractivity contribution in [2.75, 3.05) is 0 Å². The van der Waals surface area contributed by atoms with Crippen molar-refractivity contribution in [3.05, 3.63) is 17.8 Å². The molecule has 0 aromatic carbocycles. The summed E-state index contributed by atoms with van der Waals surface area (Å²) in [7, 11) is 0. The first kappa shape index (κ1) is 15.0. The van der Waals surface area contributed by atoms with Gasteiger partial charge in [0.1, 0.15) is 5.76 Å². The zero-order valence-electron chi connectivity index (χ0n) is 11.3. The predicted octanol–water partition coefficient (Wildman–Crippen LogP) is 1.43. The number of aromatic nitrogens is 1. The third kappa shape index (κ3) is 5.89. The monoisotopic (exact) mass is 269 g/mol. The molecule has 0 fully saturated rings. The smallest absolute Gasteiger partial charge is 0.315 e. The van der Waals surface area contributed by atoms with Gasteiger partial charge in [-0.1, -0.05) is 0 Å². The summed E-state index contributed by atoms with van der Waals surface area (Å²) >= 11 is 0. The zero-order valence-corrected chi connectivity index (χ0v) is 11.3. The molecule has 0 radical (unpaired) electrons. The van der Waals surface area contributed by atoms with Crippen LogP contribution in [0.3, 0.4) is 0 Å². The number of oxazole rings is 1. The molecule has 1 rings (SSSR count). The van der Waals surface area contributed by atoms with Crippen LogP contribution in [0, 0.1) is 6.92 Å². The van der Waals surface area contributed by atoms with E-state index in [-0.39, 0.29) is 19.0 Å². The number of aryl methyl sites for hydroxylation is 1. The van der Waals surface area contributed by atoms with Crippen molar-refractivity contribution in [3.63, 3.8) is 0 Å². The van der Waals surface area contributed by atoms with Gasteiger partial charge in [-0.15, -0.1) is 0 Å². The normalized spacial score (nSPS) is 11.1. The first-order valence-electron chi connectivity index (χ1n) is 5.97. The molecule has 1 heterocycles. The summed E-state index contributed by atoms with van der Waals surface area (Å²) in [6.07, 6.45) is 1.94. The molecule has 0 bridgehead atoms. The molecule has 0 aliphatic rings. The second kappa shape index (κ2) is 6.21. The number of rotatable bonds is 6. The molecule has 1 aromatic heterocycles. The Morgan fingerprint density at radius 2 is 2.16 bits per heavy atom. The Bertz CT molecular complexity index is 454. The number of carbonyl (C=O) groups is 2. The highest BCUT2D eigenvalue weighted by atomic mass is 16.4. The summed E-state index contributed by atoms with van der Waals surface area (Å²) in [4.78, 5) is 26.1. The Morgan fingerprint density at radius 3 is 2.68 bits per heavy atom. The van der Waals surface area contributed by atoms with Crippen LogP contribution in [0.25, 0.3) is 0 Å². The van der Waals surface area contributed by atoms with Gasteiger partial charge in [0.15, 0.2) is 0 Å². The van der Waals surface area contributed by atoms with Crippen molar-refractivity contribution in [3.8, 4) is 0 Å². The Kier molecular flexibility index (Phi) is 4.91. The van der Waals surface area contributed by atoms with Crippen LogP contribution in [-0.4, -0.2) is 27.6 Å². The second-order valence-corrected chi connectivity index (χ2v) is 4.95. The van der Waals surface area contributed by atoms with Crippen LogP contribution in [-0.2, 0) is 11.3 Å². The van der Waals surface area contributed by atoms with Gasteiger partial charge in [0.2, 0.25) is 5.89 Å². The number of nitrogens with zero attached hydrogens (tertiary/aromatic N) is 1. The number of aliphatic carboxylic acids is 1. The van der Waals surface area contributed by atoms with Crippen molar-refractivity contribution in [1.82, 2.24) is 15.6 Å². The van der Waals surface area contributed by atoms with Gasteiger partial charge in [-0.3, -0.25) is 4.79 Å². The van der Waals surface area contributed by atoms with Crippen molar-refractivity contribution in [2.45, 2.75) is 45.7 Å². The van der Waals surface area contributed by atoms with E-state index in [1.165, 1.54) is 0 Å². The molecule has 0 unspecified atom stereocenters. The molecular weight excluding hydrogens is 250 g/mol. The number of nitrogens with one attached hydrogen (secondary N) is 2. The molecule has 7 nitrogen and oxygen atoms in total. The summed E-state index contributed by atoms with van der Waals surface area (Å²) < 4.78 is 5.21. The quantitative estimate of drug-likeness (QED) is 0.724. The minimum atomic E-state index is -0.884. The van der Waals surface area contributed by atoms with Crippen LogP contribution in [0.5, 0.6) is 0 Å². The van der Waals surface area contributed by atoms with E-state index in [4.69, 9.17) is 9.52 Å². The molecule has 0 atom stereocenters. The van der Waals surface area contributed by atoms with Crippen LogP contribution >= 0.6 is 0 Å². The summed E-state index contributed by atoms with van der Waals surface area (Å²) in [5.41, 5.74) is -0.588. The summed E-state index contributed by atoms with van der Waals surface area (Å²) in [6.45, 7) is 5.50. The fourth-order valence-corrected chi connectivity index (χ4v) is 1.47. The fourth-order valence-electron chi connectivity index (χ4n) is 1.47. The van der Waals surface area contributed by atoms with Crippen molar-refractivity contribution >= 4 is 12.0 Å². The van der Waals surface area contributed by atoms with Crippen molar-refractivity contribution in [2.24, 2.45) is 0 Å². The molecule has 2 amide bonds. The lowest BCUT2D eigenvalue weighted by molar-refractivity contribution is -0.137. The summed E-state index contributed by atoms with van der Waals surface area (Å²) in [5, 5.41) is 13.9. The number of hydrogen-bond donors (Lipinski definition) is 3. The number of amides is 2. The lowest BCUT2D eigenvalue weighted by Crippen LogP contribution is -2.48. The van der Waals surface area contributed by atoms with Gasteiger partial charge in [0.25, 0.3) is 0 Å². The first-order chi connectivity index (χ1) is 8.78. The lowest BCUT2D eigenvalue weighted by Gasteiger charge is -2.25. The molecule has 1 aromatic rings. The van der Waals surface area contributed by atoms with E-state index in [2.05, 4.69) is 15.6 Å². The molecule has 0 saturated heterocycles. The highest BCUT2D eigenvalue weighted by molar-refractivity contribution is 5.74. The van der Waals surface area contributed by atoms with Gasteiger partial charge in [-0.25, -0.2) is 9.78 Å². The predicted molar refractivity (Wildman–Crippen MR) is 67.6 cm³/mol. The van der Waals surface area contributed by atoms with E-state index in [0.717, 1.165) is 0 Å². The van der Waals surface area contributed by atoms with E-state index < -0.39 is 11.5 Å². The minimum Gasteiger partial charge on any atom is -0.481 e. The fraction of sp³-hybridized carbons (Fsp3) is 0.583. The SMILES string of the molecule is Cc1cnc(CNC(=O)NC(C)(C)CCC(=O)O)o1. The van der Waals surface area contributed by atoms with Crippen molar-refractivity contribution < 1.29 is 19.1 Å². The van der Waals surface area contributed by atoms with Gasteiger partial charge >= 0.3 is 12.0 Å². The maximum Gasteiger partial charge on any atom is 0.315 e. The van der Waals surface area contributed by atoms with E-state index >= 15 is 0 Å². The van der Waals surface area contributed by atoms with Gasteiger partial charge < -0.3 is 20.2 Å². The molecule has 0 spiro atoms. The number of urea groups is 1. The van der Waals surface area contributed by atoms with Gasteiger partial charge in [0.05, 0.1) is 12.7 Å². The molecule has 7 heteroatoms. The number of carboxylic acid groups (broad SMARTS) is 1. The Morgan fingerprint density at radius 1 is 1.47 bits per heavy atom. The average molecular weight is 269 g/mol. The maximum atomic E-state index is 11.6. The molecule has 0 saturated carbocycles. The molecule has 3 N–H and O–H groups in total. The van der Waals surface area contributed by atoms with E-state index in [0.29, 0.717) is 18.1 Å². The molecule has 0 aliphatic heterocycles. The van der Waals surface area contributed by atoms with Gasteiger partial charge in [-0.05, 0) is 27.2 Å². The summed E-state index contributed by atoms with van der Waals surface area (Å²) in [6, 6.07) is -0.383. The molecular formula is C12H19N3O4. The zero-order chi connectivity index (χ0) is 14.5. The van der Waals surface area contributed by atoms with Crippen LogP contribution in [0.15, 0.2) is 10.6 Å². The maximum absolute atomic E-state index is 11.6. The molecule has 19 heavy (non-hydrogen) atoms. The van der Waals surface area contributed by atoms with Crippen LogP contribution in [0.4, 0.5) is 4.79 Å². The molecule has 0 aliphatic carbocycles. The lowest BCUT2D eigenvalue weighted by atomic mass is 9.99. The van der Waals surface area contributed by atoms with Gasteiger partial charge in [0, 0.05) is 12.0 Å². The summed E-state index contributed by atoms with van der Waals surface area (Å²) in [5.74, 6) is 0.223. The van der Waals surface area contributed by atoms with Crippen LogP contribution < -0.4 is 10.6 Å². The van der Waals surface area contributed by atoms with Gasteiger partial charge in [-0.2, -0.15) is 0 Å². The van der Waals surface area contributed by atoms with E-state index in [1.54, 1.807) is 27.0 Å². The number of hydrogen-bond acceptors (Lipinski definition) is 4. The largest absolute Gasteiger partial charge is 0.481 e. The standard InChI is InChI=1S/C12H19N3O4/c1-8-6-13-9(19-8)7-14-11(18)15-12(2,3)5-4-10(16)17/h6H,4-5,7H2,1-3H3,(H,16,17)(H2,14,15,18).